The van der Waals surface area contributed by atoms with Gasteiger partial charge in [0.1, 0.15) is 11.5 Å². The predicted molar refractivity (Wildman–Crippen MR) is 127 cm³/mol. The molecule has 0 heterocycles. The number of carbonyl (C=O) groups is 1. The summed E-state index contributed by atoms with van der Waals surface area (Å²) in [5, 5.41) is 1.02. The summed E-state index contributed by atoms with van der Waals surface area (Å²) >= 11 is 12.2. The summed E-state index contributed by atoms with van der Waals surface area (Å²) < 4.78 is 11.7. The van der Waals surface area contributed by atoms with Crippen molar-refractivity contribution in [3.8, 4) is 11.5 Å². The zero-order chi connectivity index (χ0) is 22.9. The highest BCUT2D eigenvalue weighted by molar-refractivity contribution is 6.34. The van der Waals surface area contributed by atoms with Crippen LogP contribution >= 0.6 is 23.2 Å². The SMILES string of the molecule is CO[C@H]1CC[C@]2(CC1)Cc1ccc(Oc3cc(Cl)cc(Cl)c3)cc1C2/N=C(/N)N(C)C=O. The second-order valence-corrected chi connectivity index (χ2v) is 9.52. The molecule has 2 aromatic carbocycles. The second kappa shape index (κ2) is 9.30. The minimum Gasteiger partial charge on any atom is -0.457 e. The fourth-order valence-corrected chi connectivity index (χ4v) is 5.42. The molecular weight excluding hydrogens is 449 g/mol. The molecular formula is C24H27Cl2N3O3. The van der Waals surface area contributed by atoms with Crippen molar-refractivity contribution in [1.82, 2.24) is 4.90 Å². The van der Waals surface area contributed by atoms with Gasteiger partial charge in [-0.2, -0.15) is 0 Å². The second-order valence-electron chi connectivity index (χ2n) is 8.65. The van der Waals surface area contributed by atoms with Crippen molar-refractivity contribution >= 4 is 35.6 Å². The average molecular weight is 476 g/mol. The van der Waals surface area contributed by atoms with Gasteiger partial charge in [-0.3, -0.25) is 9.69 Å². The Labute approximate surface area is 198 Å². The van der Waals surface area contributed by atoms with Crippen LogP contribution in [0.1, 0.15) is 42.9 Å². The lowest BCUT2D eigenvalue weighted by Gasteiger charge is -2.40. The quantitative estimate of drug-likeness (QED) is 0.358. The summed E-state index contributed by atoms with van der Waals surface area (Å²) in [5.41, 5.74) is 8.42. The van der Waals surface area contributed by atoms with Crippen LogP contribution in [0.3, 0.4) is 0 Å². The molecule has 2 aromatic rings. The van der Waals surface area contributed by atoms with Crippen molar-refractivity contribution in [2.75, 3.05) is 14.2 Å². The highest BCUT2D eigenvalue weighted by Gasteiger charge is 2.48. The van der Waals surface area contributed by atoms with Gasteiger partial charge in [0.25, 0.3) is 0 Å². The first kappa shape index (κ1) is 22.9. The molecule has 0 aliphatic heterocycles. The Morgan fingerprint density at radius 3 is 2.47 bits per heavy atom. The number of ether oxygens (including phenoxy) is 2. The molecule has 2 N–H and O–H groups in total. The lowest BCUT2D eigenvalue weighted by atomic mass is 9.68. The standard InChI is InChI=1S/C24H27Cl2N3O3/c1-29(14-30)23(27)28-22-21-12-19(32-20-10-16(25)9-17(26)11-20)4-3-15(21)13-24(22)7-5-18(31-2)6-8-24/h3-4,9-12,14,18,22H,5-8,13H2,1-2H3,(H2,27,28)/t18-,22?,24-. The molecule has 170 valence electrons. The number of hydrogen-bond acceptors (Lipinski definition) is 4. The van der Waals surface area contributed by atoms with Gasteiger partial charge in [0.05, 0.1) is 12.1 Å². The van der Waals surface area contributed by atoms with E-state index >= 15 is 0 Å². The summed E-state index contributed by atoms with van der Waals surface area (Å²) in [4.78, 5) is 17.4. The maximum absolute atomic E-state index is 11.2. The third-order valence-corrected chi connectivity index (χ3v) is 7.09. The van der Waals surface area contributed by atoms with E-state index in [4.69, 9.17) is 43.4 Å². The van der Waals surface area contributed by atoms with Crippen LogP contribution in [0.5, 0.6) is 11.5 Å². The molecule has 1 saturated carbocycles. The minimum absolute atomic E-state index is 0.0519. The van der Waals surface area contributed by atoms with Crippen LogP contribution in [0.2, 0.25) is 10.0 Å². The molecule has 1 atom stereocenters. The van der Waals surface area contributed by atoms with Crippen molar-refractivity contribution in [3.63, 3.8) is 0 Å². The molecule has 6 nitrogen and oxygen atoms in total. The first-order valence-corrected chi connectivity index (χ1v) is 11.4. The maximum Gasteiger partial charge on any atom is 0.216 e. The average Bonchev–Trinajstić information content (AvgIpc) is 3.05. The molecule has 0 bridgehead atoms. The van der Waals surface area contributed by atoms with E-state index in [9.17, 15) is 4.79 Å². The van der Waals surface area contributed by atoms with E-state index in [0.717, 1.165) is 37.7 Å². The molecule has 1 amide bonds. The number of guanidine groups is 1. The molecule has 32 heavy (non-hydrogen) atoms. The van der Waals surface area contributed by atoms with Crippen molar-refractivity contribution < 1.29 is 14.3 Å². The smallest absolute Gasteiger partial charge is 0.216 e. The largest absolute Gasteiger partial charge is 0.457 e. The van der Waals surface area contributed by atoms with E-state index in [2.05, 4.69) is 6.07 Å². The number of amides is 1. The molecule has 0 saturated heterocycles. The fourth-order valence-electron chi connectivity index (χ4n) is 4.92. The van der Waals surface area contributed by atoms with Crippen LogP contribution in [0, 0.1) is 5.41 Å². The normalized spacial score (nSPS) is 24.9. The summed E-state index contributed by atoms with van der Waals surface area (Å²) in [6.07, 6.45) is 5.77. The fraction of sp³-hybridized carbons (Fsp3) is 0.417. The van der Waals surface area contributed by atoms with Gasteiger partial charge in [-0.1, -0.05) is 29.3 Å². The van der Waals surface area contributed by atoms with Gasteiger partial charge in [-0.15, -0.1) is 0 Å². The van der Waals surface area contributed by atoms with Gasteiger partial charge >= 0.3 is 0 Å². The van der Waals surface area contributed by atoms with Crippen molar-refractivity contribution in [2.45, 2.75) is 44.2 Å². The van der Waals surface area contributed by atoms with Gasteiger partial charge in [-0.25, -0.2) is 4.99 Å². The van der Waals surface area contributed by atoms with E-state index in [1.165, 1.54) is 10.5 Å². The maximum atomic E-state index is 11.2. The molecule has 0 radical (unpaired) electrons. The summed E-state index contributed by atoms with van der Waals surface area (Å²) in [6, 6.07) is 11.0. The Hall–Kier alpha value is -2.28. The highest BCUT2D eigenvalue weighted by Crippen LogP contribution is 2.56. The van der Waals surface area contributed by atoms with Gasteiger partial charge in [0.2, 0.25) is 6.41 Å². The Balaban J connectivity index is 1.69. The molecule has 1 unspecified atom stereocenters. The predicted octanol–water partition coefficient (Wildman–Crippen LogP) is 5.36. The van der Waals surface area contributed by atoms with Crippen LogP contribution in [0.15, 0.2) is 41.4 Å². The molecule has 4 rings (SSSR count). The van der Waals surface area contributed by atoms with Gasteiger partial charge in [0.15, 0.2) is 5.96 Å². The van der Waals surface area contributed by atoms with Crippen LogP contribution < -0.4 is 10.5 Å². The third kappa shape index (κ3) is 4.58. The van der Waals surface area contributed by atoms with E-state index in [1.54, 1.807) is 32.4 Å². The molecule has 1 spiro atoms. The Kier molecular flexibility index (Phi) is 6.65. The summed E-state index contributed by atoms with van der Waals surface area (Å²) in [5.74, 6) is 1.45. The lowest BCUT2D eigenvalue weighted by Crippen LogP contribution is -2.37. The minimum atomic E-state index is -0.163. The number of nitrogens with zero attached hydrogens (tertiary/aromatic N) is 2. The van der Waals surface area contributed by atoms with Crippen molar-refractivity contribution in [1.29, 1.82) is 0 Å². The number of hydrogen-bond donors (Lipinski definition) is 1. The third-order valence-electron chi connectivity index (χ3n) is 6.65. The summed E-state index contributed by atoms with van der Waals surface area (Å²) in [6.45, 7) is 0. The topological polar surface area (TPSA) is 77.2 Å². The van der Waals surface area contributed by atoms with Crippen LogP contribution in [-0.4, -0.2) is 37.5 Å². The van der Waals surface area contributed by atoms with Gasteiger partial charge in [0, 0.05) is 29.6 Å². The van der Waals surface area contributed by atoms with Crippen LogP contribution in [0.4, 0.5) is 0 Å². The molecule has 2 aliphatic carbocycles. The number of aliphatic imine (C=N–C) groups is 1. The van der Waals surface area contributed by atoms with E-state index in [0.29, 0.717) is 28.0 Å². The highest BCUT2D eigenvalue weighted by atomic mass is 35.5. The number of methoxy groups -OCH3 is 1. The molecule has 2 aliphatic rings. The van der Waals surface area contributed by atoms with E-state index < -0.39 is 0 Å². The molecule has 8 heteroatoms. The van der Waals surface area contributed by atoms with Crippen LogP contribution in [0.25, 0.3) is 0 Å². The zero-order valence-electron chi connectivity index (χ0n) is 18.2. The first-order valence-electron chi connectivity index (χ1n) is 10.6. The Bertz CT molecular complexity index is 1010. The van der Waals surface area contributed by atoms with Crippen molar-refractivity contribution in [3.05, 3.63) is 57.6 Å². The Morgan fingerprint density at radius 1 is 1.16 bits per heavy atom. The number of benzene rings is 2. The number of halogens is 2. The number of fused-ring (bicyclic) bond motifs is 1. The first-order chi connectivity index (χ1) is 15.3. The molecule has 0 aromatic heterocycles. The van der Waals surface area contributed by atoms with E-state index in [-0.39, 0.29) is 23.5 Å². The Morgan fingerprint density at radius 2 is 1.84 bits per heavy atom. The van der Waals surface area contributed by atoms with Crippen molar-refractivity contribution in [2.24, 2.45) is 16.1 Å². The van der Waals surface area contributed by atoms with Gasteiger partial charge in [-0.05, 0) is 73.6 Å². The zero-order valence-corrected chi connectivity index (χ0v) is 19.7. The number of nitrogens with two attached hydrogens (primary N) is 1. The molecule has 1 fully saturated rings. The van der Waals surface area contributed by atoms with E-state index in [1.807, 2.05) is 12.1 Å². The monoisotopic (exact) mass is 475 g/mol. The van der Waals surface area contributed by atoms with Crippen LogP contribution in [-0.2, 0) is 16.0 Å². The number of carbonyl (C=O) groups excluding carboxylic acids is 1. The summed E-state index contributed by atoms with van der Waals surface area (Å²) in [7, 11) is 3.38. The van der Waals surface area contributed by atoms with Gasteiger partial charge < -0.3 is 15.2 Å². The lowest BCUT2D eigenvalue weighted by molar-refractivity contribution is -0.114. The number of rotatable bonds is 5.